The summed E-state index contributed by atoms with van der Waals surface area (Å²) in [5.41, 5.74) is 1.88. The van der Waals surface area contributed by atoms with Gasteiger partial charge in [0.1, 0.15) is 0 Å². The molecule has 4 rings (SSSR count). The van der Waals surface area contributed by atoms with Crippen molar-refractivity contribution in [2.24, 2.45) is 0 Å². The molecule has 0 unspecified atom stereocenters. The number of hydrogen-bond donors (Lipinski definition) is 0. The Bertz CT molecular complexity index is 961. The van der Waals surface area contributed by atoms with Gasteiger partial charge in [0.15, 0.2) is 10.3 Å². The van der Waals surface area contributed by atoms with Crippen LogP contribution in [0.4, 0.5) is 0 Å². The van der Waals surface area contributed by atoms with Gasteiger partial charge in [0.25, 0.3) is 0 Å². The Morgan fingerprint density at radius 1 is 1.00 bits per heavy atom. The van der Waals surface area contributed by atoms with Crippen LogP contribution in [-0.2, 0) is 0 Å². The lowest BCUT2D eigenvalue weighted by Gasteiger charge is -2.04. The number of fused-ring (bicyclic) bond motifs is 3. The van der Waals surface area contributed by atoms with E-state index in [0.29, 0.717) is 0 Å². The van der Waals surface area contributed by atoms with Crippen molar-refractivity contribution in [3.05, 3.63) is 60.4 Å². The summed E-state index contributed by atoms with van der Waals surface area (Å²) in [6, 6.07) is 17.7. The van der Waals surface area contributed by atoms with Crippen molar-refractivity contribution in [1.82, 2.24) is 4.98 Å². The molecular weight excluding hydrogens is 280 g/mol. The summed E-state index contributed by atoms with van der Waals surface area (Å²) < 4.78 is 1.72. The average molecular weight is 292 g/mol. The quantitative estimate of drug-likeness (QED) is 0.506. The van der Waals surface area contributed by atoms with E-state index in [4.69, 9.17) is 0 Å². The monoisotopic (exact) mass is 292 g/mol. The molecule has 4 aromatic rings. The molecule has 2 aromatic carbocycles. The number of thiazole rings is 1. The van der Waals surface area contributed by atoms with Gasteiger partial charge in [-0.3, -0.25) is 0 Å². The first-order valence-corrected chi connectivity index (χ1v) is 7.53. The standard InChI is InChI=1S/C17H12N2OS/c1-11-18-14-10-6-5-9-13(14)17-19(11)16(20)15(21-17)12-7-3-2-4-8-12/h2-10H,1H3. The van der Waals surface area contributed by atoms with E-state index in [2.05, 4.69) is 4.98 Å². The lowest BCUT2D eigenvalue weighted by molar-refractivity contribution is -0.587. The molecular formula is C17H12N2OS. The summed E-state index contributed by atoms with van der Waals surface area (Å²) in [6.07, 6.45) is 0. The maximum Gasteiger partial charge on any atom is 0.301 e. The summed E-state index contributed by atoms with van der Waals surface area (Å²) >= 11 is 1.53. The van der Waals surface area contributed by atoms with E-state index in [1.807, 2.05) is 61.5 Å². The SMILES string of the molecule is Cc1nc2ccccc2c2sc(-c3ccccc3)c([O-])[n+]12. The molecule has 0 saturated heterocycles. The fourth-order valence-corrected chi connectivity index (χ4v) is 3.81. The highest BCUT2D eigenvalue weighted by Gasteiger charge is 2.19. The van der Waals surface area contributed by atoms with E-state index >= 15 is 0 Å². The Morgan fingerprint density at radius 3 is 2.52 bits per heavy atom. The minimum atomic E-state index is 0.0111. The molecule has 0 spiro atoms. The fourth-order valence-electron chi connectivity index (χ4n) is 2.60. The number of rotatable bonds is 1. The van der Waals surface area contributed by atoms with Crippen molar-refractivity contribution in [1.29, 1.82) is 0 Å². The van der Waals surface area contributed by atoms with Crippen LogP contribution in [0.25, 0.3) is 26.2 Å². The Hall–Kier alpha value is -2.46. The molecule has 102 valence electrons. The first kappa shape index (κ1) is 12.3. The third kappa shape index (κ3) is 1.80. The second kappa shape index (κ2) is 4.53. The second-order valence-corrected chi connectivity index (χ2v) is 5.92. The fraction of sp³-hybridized carbons (Fsp3) is 0.0588. The van der Waals surface area contributed by atoms with Crippen LogP contribution >= 0.6 is 11.3 Å². The smallest absolute Gasteiger partial charge is 0.301 e. The average Bonchev–Trinajstić information content (AvgIpc) is 2.87. The van der Waals surface area contributed by atoms with Gasteiger partial charge in [0.05, 0.1) is 16.1 Å². The van der Waals surface area contributed by atoms with Crippen LogP contribution in [0.5, 0.6) is 5.88 Å². The molecule has 0 saturated carbocycles. The Kier molecular flexibility index (Phi) is 2.65. The Labute approximate surface area is 125 Å². The van der Waals surface area contributed by atoms with Gasteiger partial charge in [-0.1, -0.05) is 53.8 Å². The lowest BCUT2D eigenvalue weighted by atomic mass is 10.2. The third-order valence-corrected chi connectivity index (χ3v) is 4.79. The van der Waals surface area contributed by atoms with Crippen molar-refractivity contribution >= 4 is 27.1 Å². The van der Waals surface area contributed by atoms with Gasteiger partial charge < -0.3 is 5.11 Å². The van der Waals surface area contributed by atoms with Gasteiger partial charge in [0, 0.05) is 6.92 Å². The first-order valence-electron chi connectivity index (χ1n) is 6.72. The van der Waals surface area contributed by atoms with Crippen LogP contribution < -0.4 is 9.51 Å². The highest BCUT2D eigenvalue weighted by atomic mass is 32.1. The van der Waals surface area contributed by atoms with Crippen LogP contribution in [0, 0.1) is 6.92 Å². The zero-order valence-electron chi connectivity index (χ0n) is 11.4. The molecule has 0 aliphatic heterocycles. The highest BCUT2D eigenvalue weighted by molar-refractivity contribution is 7.21. The van der Waals surface area contributed by atoms with Crippen molar-refractivity contribution in [2.75, 3.05) is 0 Å². The first-order chi connectivity index (χ1) is 10.3. The molecule has 0 bridgehead atoms. The van der Waals surface area contributed by atoms with Gasteiger partial charge in [-0.2, -0.15) is 4.40 Å². The Balaban J connectivity index is 2.15. The van der Waals surface area contributed by atoms with E-state index in [9.17, 15) is 5.11 Å². The molecule has 4 heteroatoms. The predicted octanol–water partition coefficient (Wildman–Crippen LogP) is 3.08. The normalized spacial score (nSPS) is 11.3. The van der Waals surface area contributed by atoms with Gasteiger partial charge in [-0.05, 0) is 22.7 Å². The second-order valence-electron chi connectivity index (χ2n) is 4.92. The van der Waals surface area contributed by atoms with Gasteiger partial charge >= 0.3 is 5.82 Å². The van der Waals surface area contributed by atoms with Crippen LogP contribution in [-0.4, -0.2) is 4.98 Å². The molecule has 21 heavy (non-hydrogen) atoms. The van der Waals surface area contributed by atoms with E-state index in [-0.39, 0.29) is 5.88 Å². The molecule has 0 aliphatic carbocycles. The summed E-state index contributed by atoms with van der Waals surface area (Å²) in [5, 5.41) is 13.7. The van der Waals surface area contributed by atoms with Crippen LogP contribution in [0.15, 0.2) is 54.6 Å². The minimum absolute atomic E-state index is 0.0111. The Morgan fingerprint density at radius 2 is 1.71 bits per heavy atom. The zero-order valence-corrected chi connectivity index (χ0v) is 12.2. The number of aryl methyl sites for hydroxylation is 1. The van der Waals surface area contributed by atoms with Crippen molar-refractivity contribution in [2.45, 2.75) is 6.92 Å². The minimum Gasteiger partial charge on any atom is -0.841 e. The summed E-state index contributed by atoms with van der Waals surface area (Å²) in [7, 11) is 0. The van der Waals surface area contributed by atoms with E-state index in [1.54, 1.807) is 4.40 Å². The van der Waals surface area contributed by atoms with Gasteiger partial charge in [-0.15, -0.1) is 0 Å². The van der Waals surface area contributed by atoms with Gasteiger partial charge in [-0.25, -0.2) is 0 Å². The van der Waals surface area contributed by atoms with Crippen LogP contribution in [0.2, 0.25) is 0 Å². The largest absolute Gasteiger partial charge is 0.841 e. The molecule has 0 amide bonds. The lowest BCUT2D eigenvalue weighted by Crippen LogP contribution is -2.29. The number of nitrogens with zero attached hydrogens (tertiary/aromatic N) is 2. The van der Waals surface area contributed by atoms with Crippen molar-refractivity contribution in [3.8, 4) is 16.3 Å². The van der Waals surface area contributed by atoms with Gasteiger partial charge in [0.2, 0.25) is 0 Å². The van der Waals surface area contributed by atoms with E-state index in [0.717, 1.165) is 32.0 Å². The molecule has 2 heterocycles. The molecule has 0 fully saturated rings. The van der Waals surface area contributed by atoms with Crippen LogP contribution in [0.1, 0.15) is 5.82 Å². The highest BCUT2D eigenvalue weighted by Crippen LogP contribution is 2.34. The maximum atomic E-state index is 12.7. The number of aromatic nitrogens is 2. The van der Waals surface area contributed by atoms with Crippen LogP contribution in [0.3, 0.4) is 0 Å². The summed E-state index contributed by atoms with van der Waals surface area (Å²) in [5.74, 6) is 0.740. The number of para-hydroxylation sites is 1. The van der Waals surface area contributed by atoms with Crippen molar-refractivity contribution in [3.63, 3.8) is 0 Å². The number of benzene rings is 2. The van der Waals surface area contributed by atoms with E-state index in [1.165, 1.54) is 11.3 Å². The topological polar surface area (TPSA) is 40.1 Å². The molecule has 3 nitrogen and oxygen atoms in total. The number of hydrogen-bond acceptors (Lipinski definition) is 3. The molecule has 0 atom stereocenters. The maximum absolute atomic E-state index is 12.7. The summed E-state index contributed by atoms with van der Waals surface area (Å²) in [4.78, 5) is 6.26. The third-order valence-electron chi connectivity index (χ3n) is 3.58. The molecule has 0 aliphatic rings. The predicted molar refractivity (Wildman–Crippen MR) is 82.4 cm³/mol. The van der Waals surface area contributed by atoms with E-state index < -0.39 is 0 Å². The zero-order chi connectivity index (χ0) is 14.4. The molecule has 0 radical (unpaired) electrons. The molecule has 2 aromatic heterocycles. The summed E-state index contributed by atoms with van der Waals surface area (Å²) in [6.45, 7) is 1.88. The molecule has 0 N–H and O–H groups in total. The van der Waals surface area contributed by atoms with Crippen molar-refractivity contribution < 1.29 is 9.51 Å².